The van der Waals surface area contributed by atoms with E-state index in [1.165, 1.54) is 0 Å². The lowest BCUT2D eigenvalue weighted by atomic mass is 9.63. The van der Waals surface area contributed by atoms with Crippen LogP contribution in [0.2, 0.25) is 0 Å². The predicted octanol–water partition coefficient (Wildman–Crippen LogP) is 8.78. The van der Waals surface area contributed by atoms with E-state index >= 15 is 0 Å². The molecule has 0 aromatic heterocycles. The Morgan fingerprint density at radius 3 is 1.77 bits per heavy atom. The molecule has 0 radical (unpaired) electrons. The Hall–Kier alpha value is -3.99. The van der Waals surface area contributed by atoms with Gasteiger partial charge in [0.1, 0.15) is 0 Å². The first-order valence-electron chi connectivity index (χ1n) is 12.9. The zero-order chi connectivity index (χ0) is 26.4. The van der Waals surface area contributed by atoms with Gasteiger partial charge in [-0.05, 0) is 85.6 Å². The van der Waals surface area contributed by atoms with Crippen molar-refractivity contribution in [2.75, 3.05) is 0 Å². The van der Waals surface area contributed by atoms with Crippen molar-refractivity contribution in [3.8, 4) is 22.3 Å². The highest BCUT2D eigenvalue weighted by Gasteiger charge is 2.51. The highest BCUT2D eigenvalue weighted by molar-refractivity contribution is 9.10. The van der Waals surface area contributed by atoms with Crippen LogP contribution in [0, 0.1) is 0 Å². The molecule has 0 fully saturated rings. The summed E-state index contributed by atoms with van der Waals surface area (Å²) >= 11 is 3.77. The van der Waals surface area contributed by atoms with Crippen molar-refractivity contribution in [3.63, 3.8) is 0 Å². The lowest BCUT2D eigenvalue weighted by Crippen LogP contribution is -2.38. The molecule has 0 bridgehead atoms. The molecule has 8 rings (SSSR count). The summed E-state index contributed by atoms with van der Waals surface area (Å²) < 4.78 is 29.7. The van der Waals surface area contributed by atoms with Crippen LogP contribution in [0.5, 0.6) is 0 Å². The van der Waals surface area contributed by atoms with Gasteiger partial charge in [-0.15, -0.1) is 0 Å². The van der Waals surface area contributed by atoms with E-state index in [1.807, 2.05) is 42.5 Å². The minimum atomic E-state index is -3.77. The van der Waals surface area contributed by atoms with Crippen LogP contribution < -0.4 is 0 Å². The van der Waals surface area contributed by atoms with Gasteiger partial charge in [0, 0.05) is 4.47 Å². The van der Waals surface area contributed by atoms with Crippen molar-refractivity contribution in [2.45, 2.75) is 15.2 Å². The summed E-state index contributed by atoms with van der Waals surface area (Å²) in [6.07, 6.45) is 0. The van der Waals surface area contributed by atoms with Crippen LogP contribution >= 0.6 is 15.9 Å². The van der Waals surface area contributed by atoms with Crippen molar-refractivity contribution >= 4 is 36.5 Å². The van der Waals surface area contributed by atoms with E-state index in [4.69, 9.17) is 0 Å². The topological polar surface area (TPSA) is 34.1 Å². The average Bonchev–Trinajstić information content (AvgIpc) is 3.07. The molecule has 0 saturated carbocycles. The van der Waals surface area contributed by atoms with E-state index in [2.05, 4.69) is 94.8 Å². The van der Waals surface area contributed by atoms with E-state index in [0.717, 1.165) is 59.8 Å². The molecule has 4 heteroatoms. The summed E-state index contributed by atoms with van der Waals surface area (Å²) in [7, 11) is -3.77. The smallest absolute Gasteiger partial charge is 0.207 e. The number of halogens is 1. The van der Waals surface area contributed by atoms with E-state index in [9.17, 15) is 8.42 Å². The van der Waals surface area contributed by atoms with Crippen molar-refractivity contribution in [2.24, 2.45) is 0 Å². The van der Waals surface area contributed by atoms with Crippen molar-refractivity contribution in [1.82, 2.24) is 0 Å². The fraction of sp³-hybridized carbons (Fsp3) is 0.0286. The van der Waals surface area contributed by atoms with Gasteiger partial charge in [-0.2, -0.15) is 0 Å². The monoisotopic (exact) mass is 584 g/mol. The molecule has 1 aliphatic heterocycles. The van der Waals surface area contributed by atoms with Gasteiger partial charge in [-0.3, -0.25) is 0 Å². The molecule has 186 valence electrons. The minimum Gasteiger partial charge on any atom is -0.218 e. The van der Waals surface area contributed by atoms with Crippen molar-refractivity contribution in [3.05, 3.63) is 154 Å². The van der Waals surface area contributed by atoms with Gasteiger partial charge >= 0.3 is 0 Å². The van der Waals surface area contributed by atoms with Crippen LogP contribution in [0.1, 0.15) is 22.3 Å². The Kier molecular flexibility index (Phi) is 4.71. The fourth-order valence-electron chi connectivity index (χ4n) is 6.79. The molecule has 1 heterocycles. The molecule has 0 amide bonds. The molecule has 0 N–H and O–H groups in total. The third-order valence-electron chi connectivity index (χ3n) is 8.35. The van der Waals surface area contributed by atoms with E-state index in [-0.39, 0.29) is 0 Å². The lowest BCUT2D eigenvalue weighted by molar-refractivity contribution is 0.579. The summed E-state index contributed by atoms with van der Waals surface area (Å²) in [6, 6.07) is 43.0. The van der Waals surface area contributed by atoms with Gasteiger partial charge in [-0.25, -0.2) is 8.42 Å². The van der Waals surface area contributed by atoms with Gasteiger partial charge in [0.25, 0.3) is 0 Å². The third kappa shape index (κ3) is 2.93. The van der Waals surface area contributed by atoms with Gasteiger partial charge in [0.2, 0.25) is 9.84 Å². The summed E-state index contributed by atoms with van der Waals surface area (Å²) in [5.41, 5.74) is 7.33. The molecule has 6 aromatic carbocycles. The number of hydrogen-bond acceptors (Lipinski definition) is 2. The number of rotatable bonds is 0. The van der Waals surface area contributed by atoms with Gasteiger partial charge in [0.15, 0.2) is 0 Å². The molecule has 2 nitrogen and oxygen atoms in total. The van der Waals surface area contributed by atoms with Crippen LogP contribution in [0.3, 0.4) is 0 Å². The van der Waals surface area contributed by atoms with E-state index in [1.54, 1.807) is 6.07 Å². The van der Waals surface area contributed by atoms with Gasteiger partial charge in [-0.1, -0.05) is 113 Å². The second kappa shape index (κ2) is 8.01. The Labute approximate surface area is 235 Å². The molecule has 1 unspecified atom stereocenters. The highest BCUT2D eigenvalue weighted by atomic mass is 79.9. The highest BCUT2D eigenvalue weighted by Crippen LogP contribution is 2.60. The third-order valence-corrected chi connectivity index (χ3v) is 10.7. The molecule has 1 aliphatic carbocycles. The quantitative estimate of drug-likeness (QED) is 0.178. The van der Waals surface area contributed by atoms with Crippen LogP contribution in [-0.4, -0.2) is 8.42 Å². The zero-order valence-electron chi connectivity index (χ0n) is 20.7. The fourth-order valence-corrected chi connectivity index (χ4v) is 8.94. The Morgan fingerprint density at radius 2 is 1.03 bits per heavy atom. The number of sulfone groups is 1. The first kappa shape index (κ1) is 22.9. The Morgan fingerprint density at radius 1 is 0.462 bits per heavy atom. The maximum absolute atomic E-state index is 14.4. The second-order valence-corrected chi connectivity index (χ2v) is 13.0. The normalized spacial score (nSPS) is 17.9. The largest absolute Gasteiger partial charge is 0.218 e. The number of hydrogen-bond donors (Lipinski definition) is 0. The molecule has 39 heavy (non-hydrogen) atoms. The van der Waals surface area contributed by atoms with E-state index in [0.29, 0.717) is 9.79 Å². The summed E-state index contributed by atoms with van der Waals surface area (Å²) in [6.45, 7) is 0. The van der Waals surface area contributed by atoms with Crippen LogP contribution in [0.15, 0.2) is 142 Å². The Bertz CT molecular complexity index is 2110. The van der Waals surface area contributed by atoms with Crippen LogP contribution in [0.4, 0.5) is 0 Å². The molecule has 6 aromatic rings. The van der Waals surface area contributed by atoms with Crippen LogP contribution in [0.25, 0.3) is 33.0 Å². The molecule has 2 aliphatic rings. The van der Waals surface area contributed by atoms with Crippen LogP contribution in [-0.2, 0) is 15.3 Å². The first-order valence-corrected chi connectivity index (χ1v) is 15.2. The first-order chi connectivity index (χ1) is 19.0. The SMILES string of the molecule is O=S1(=O)c2ccccc2C2(c3ccccc3-c3ccccc3-c3ccc(Br)cc32)c2cc3ccccc3cc21. The molecule has 0 saturated heterocycles. The molecule has 1 atom stereocenters. The van der Waals surface area contributed by atoms with Crippen molar-refractivity contribution in [1.29, 1.82) is 0 Å². The average molecular weight is 586 g/mol. The van der Waals surface area contributed by atoms with Crippen molar-refractivity contribution < 1.29 is 8.42 Å². The second-order valence-electron chi connectivity index (χ2n) is 10.2. The lowest BCUT2D eigenvalue weighted by Gasteiger charge is -2.43. The molecular weight excluding hydrogens is 564 g/mol. The van der Waals surface area contributed by atoms with E-state index < -0.39 is 15.3 Å². The summed E-state index contributed by atoms with van der Waals surface area (Å²) in [5.74, 6) is 0. The Balaban J connectivity index is 1.70. The van der Waals surface area contributed by atoms with Gasteiger partial charge < -0.3 is 0 Å². The molecule has 1 spiro atoms. The standard InChI is InChI=1S/C35H21BrO2S/c36-24-17-18-28-26-12-4-3-11-25(26)27-13-5-6-14-29(27)35(31(28)21-24)30-15-7-8-16-33(30)39(37,38)34-20-23-10-2-1-9-22(23)19-32(34)35/h1-21H. The predicted molar refractivity (Wildman–Crippen MR) is 160 cm³/mol. The summed E-state index contributed by atoms with van der Waals surface area (Å²) in [5, 5.41) is 1.93. The maximum Gasteiger partial charge on any atom is 0.207 e. The number of benzene rings is 6. The zero-order valence-corrected chi connectivity index (χ0v) is 23.1. The summed E-state index contributed by atoms with van der Waals surface area (Å²) in [4.78, 5) is 0.728. The van der Waals surface area contributed by atoms with Gasteiger partial charge in [0.05, 0.1) is 15.2 Å². The maximum atomic E-state index is 14.4. The number of fused-ring (bicyclic) bond motifs is 12. The molecular formula is C35H21BrO2S. The minimum absolute atomic E-state index is 0.361.